The Labute approximate surface area is 123 Å². The number of fused-ring (bicyclic) bond motifs is 1. The lowest BCUT2D eigenvalue weighted by Crippen LogP contribution is -2.14. The molecule has 1 N–H and O–H groups in total. The van der Waals surface area contributed by atoms with Gasteiger partial charge in [0.2, 0.25) is 0 Å². The van der Waals surface area contributed by atoms with E-state index < -0.39 is 0 Å². The van der Waals surface area contributed by atoms with Gasteiger partial charge in [0, 0.05) is 29.7 Å². The Bertz CT molecular complexity index is 525. The van der Waals surface area contributed by atoms with Crippen molar-refractivity contribution in [1.29, 1.82) is 0 Å². The molecule has 20 heavy (non-hydrogen) atoms. The van der Waals surface area contributed by atoms with Crippen molar-refractivity contribution in [2.45, 2.75) is 59.0 Å². The Kier molecular flexibility index (Phi) is 5.66. The van der Waals surface area contributed by atoms with E-state index in [2.05, 4.69) is 61.1 Å². The minimum Gasteiger partial charge on any atom is -0.345 e. The normalized spacial score (nSPS) is 11.6. The van der Waals surface area contributed by atoms with Gasteiger partial charge in [0.25, 0.3) is 0 Å². The van der Waals surface area contributed by atoms with Crippen molar-refractivity contribution in [2.75, 3.05) is 6.54 Å². The number of rotatable bonds is 8. The number of hydrogen-bond donors (Lipinski definition) is 1. The first-order valence-corrected chi connectivity index (χ1v) is 8.03. The zero-order valence-electron chi connectivity index (χ0n) is 13.2. The fourth-order valence-corrected chi connectivity index (χ4v) is 2.75. The van der Waals surface area contributed by atoms with Crippen molar-refractivity contribution < 1.29 is 0 Å². The van der Waals surface area contributed by atoms with Gasteiger partial charge >= 0.3 is 0 Å². The second kappa shape index (κ2) is 7.49. The average Bonchev–Trinajstić information content (AvgIpc) is 2.82. The molecule has 1 aromatic carbocycles. The third-order valence-electron chi connectivity index (χ3n) is 3.90. The summed E-state index contributed by atoms with van der Waals surface area (Å²) in [7, 11) is 0. The van der Waals surface area contributed by atoms with Gasteiger partial charge in [-0.15, -0.1) is 0 Å². The Balaban J connectivity index is 1.99. The predicted octanol–water partition coefficient (Wildman–Crippen LogP) is 4.89. The summed E-state index contributed by atoms with van der Waals surface area (Å²) in [6.45, 7) is 8.85. The molecule has 0 amide bonds. The van der Waals surface area contributed by atoms with Gasteiger partial charge in [-0.25, -0.2) is 0 Å². The minimum absolute atomic E-state index is 0.512. The molecule has 0 atom stereocenters. The molecule has 0 saturated heterocycles. The third kappa shape index (κ3) is 3.63. The summed E-state index contributed by atoms with van der Waals surface area (Å²) in [5.74, 6) is 0. The van der Waals surface area contributed by atoms with Gasteiger partial charge in [0.05, 0.1) is 0 Å². The summed E-state index contributed by atoms with van der Waals surface area (Å²) in [6.07, 6.45) is 7.61. The second-order valence-corrected chi connectivity index (χ2v) is 5.91. The van der Waals surface area contributed by atoms with Gasteiger partial charge in [-0.1, -0.05) is 44.4 Å². The largest absolute Gasteiger partial charge is 0.345 e. The third-order valence-corrected chi connectivity index (χ3v) is 3.90. The van der Waals surface area contributed by atoms with Gasteiger partial charge in [-0.2, -0.15) is 0 Å². The number of nitrogens with zero attached hydrogens (tertiary/aromatic N) is 1. The fourth-order valence-electron chi connectivity index (χ4n) is 2.75. The van der Waals surface area contributed by atoms with E-state index in [9.17, 15) is 0 Å². The van der Waals surface area contributed by atoms with Gasteiger partial charge in [0.1, 0.15) is 0 Å². The van der Waals surface area contributed by atoms with Crippen LogP contribution in [0, 0.1) is 0 Å². The molecule has 2 aromatic rings. The number of benzene rings is 1. The van der Waals surface area contributed by atoms with Crippen LogP contribution >= 0.6 is 0 Å². The smallest absolute Gasteiger partial charge is 0.0486 e. The van der Waals surface area contributed by atoms with E-state index >= 15 is 0 Å². The van der Waals surface area contributed by atoms with Gasteiger partial charge in [0.15, 0.2) is 0 Å². The minimum atomic E-state index is 0.512. The molecule has 0 radical (unpaired) electrons. The van der Waals surface area contributed by atoms with Gasteiger partial charge < -0.3 is 9.88 Å². The van der Waals surface area contributed by atoms with E-state index in [0.717, 1.165) is 13.1 Å². The molecule has 0 fully saturated rings. The highest BCUT2D eigenvalue weighted by Crippen LogP contribution is 2.24. The maximum atomic E-state index is 3.59. The molecule has 1 aromatic heterocycles. The van der Waals surface area contributed by atoms with E-state index in [1.165, 1.54) is 42.1 Å². The van der Waals surface area contributed by atoms with Crippen LogP contribution in [-0.2, 0) is 6.54 Å². The lowest BCUT2D eigenvalue weighted by atomic mass is 10.1. The Morgan fingerprint density at radius 3 is 2.65 bits per heavy atom. The Morgan fingerprint density at radius 2 is 1.90 bits per heavy atom. The van der Waals surface area contributed by atoms with Crippen LogP contribution < -0.4 is 5.32 Å². The molecule has 0 bridgehead atoms. The highest BCUT2D eigenvalue weighted by molar-refractivity contribution is 5.84. The average molecular weight is 272 g/mol. The van der Waals surface area contributed by atoms with Crippen LogP contribution in [0.5, 0.6) is 0 Å². The SMILES string of the molecule is CCCCCCNCc1cn(C(C)C)c2ccccc12. The molecule has 2 heteroatoms. The van der Waals surface area contributed by atoms with Crippen LogP contribution in [0.4, 0.5) is 0 Å². The highest BCUT2D eigenvalue weighted by Gasteiger charge is 2.09. The lowest BCUT2D eigenvalue weighted by molar-refractivity contribution is 0.593. The summed E-state index contributed by atoms with van der Waals surface area (Å²) in [5.41, 5.74) is 2.77. The predicted molar refractivity (Wildman–Crippen MR) is 88.2 cm³/mol. The summed E-state index contributed by atoms with van der Waals surface area (Å²) >= 11 is 0. The van der Waals surface area contributed by atoms with Crippen molar-refractivity contribution in [3.8, 4) is 0 Å². The van der Waals surface area contributed by atoms with Crippen molar-refractivity contribution in [3.63, 3.8) is 0 Å². The molecular formula is C18H28N2. The van der Waals surface area contributed by atoms with Crippen LogP contribution in [-0.4, -0.2) is 11.1 Å². The van der Waals surface area contributed by atoms with E-state index in [0.29, 0.717) is 6.04 Å². The van der Waals surface area contributed by atoms with Gasteiger partial charge in [-0.3, -0.25) is 0 Å². The number of aromatic nitrogens is 1. The second-order valence-electron chi connectivity index (χ2n) is 5.91. The van der Waals surface area contributed by atoms with Crippen LogP contribution in [0.15, 0.2) is 30.5 Å². The number of nitrogens with one attached hydrogen (secondary N) is 1. The van der Waals surface area contributed by atoms with E-state index in [-0.39, 0.29) is 0 Å². The summed E-state index contributed by atoms with van der Waals surface area (Å²) < 4.78 is 2.38. The molecule has 0 saturated carbocycles. The van der Waals surface area contributed by atoms with E-state index in [1.807, 2.05) is 0 Å². The first-order valence-electron chi connectivity index (χ1n) is 8.03. The number of unbranched alkanes of at least 4 members (excludes halogenated alkanes) is 3. The summed E-state index contributed by atoms with van der Waals surface area (Å²) in [4.78, 5) is 0. The fraction of sp³-hybridized carbons (Fsp3) is 0.556. The molecule has 0 aliphatic carbocycles. The molecule has 0 aliphatic rings. The summed E-state index contributed by atoms with van der Waals surface area (Å²) in [5, 5.41) is 4.98. The van der Waals surface area contributed by atoms with Crippen LogP contribution in [0.2, 0.25) is 0 Å². The van der Waals surface area contributed by atoms with Crippen molar-refractivity contribution in [1.82, 2.24) is 9.88 Å². The van der Waals surface area contributed by atoms with Crippen molar-refractivity contribution in [3.05, 3.63) is 36.0 Å². The maximum absolute atomic E-state index is 3.59. The first-order chi connectivity index (χ1) is 9.74. The van der Waals surface area contributed by atoms with Gasteiger partial charge in [-0.05, 0) is 38.4 Å². The maximum Gasteiger partial charge on any atom is 0.0486 e. The molecule has 0 spiro atoms. The molecule has 2 rings (SSSR count). The lowest BCUT2D eigenvalue weighted by Gasteiger charge is -2.08. The molecule has 110 valence electrons. The number of hydrogen-bond acceptors (Lipinski definition) is 1. The molecule has 0 aliphatic heterocycles. The zero-order valence-corrected chi connectivity index (χ0v) is 13.2. The molecule has 0 unspecified atom stereocenters. The van der Waals surface area contributed by atoms with Crippen LogP contribution in [0.3, 0.4) is 0 Å². The molecule has 2 nitrogen and oxygen atoms in total. The first kappa shape index (κ1) is 15.1. The topological polar surface area (TPSA) is 17.0 Å². The molecular weight excluding hydrogens is 244 g/mol. The standard InChI is InChI=1S/C18H28N2/c1-4-5-6-9-12-19-13-16-14-20(15(2)3)18-11-8-7-10-17(16)18/h7-8,10-11,14-15,19H,4-6,9,12-13H2,1-3H3. The summed E-state index contributed by atoms with van der Waals surface area (Å²) in [6, 6.07) is 9.24. The highest BCUT2D eigenvalue weighted by atomic mass is 15.0. The van der Waals surface area contributed by atoms with Crippen molar-refractivity contribution in [2.24, 2.45) is 0 Å². The van der Waals surface area contributed by atoms with E-state index in [1.54, 1.807) is 0 Å². The van der Waals surface area contributed by atoms with Crippen molar-refractivity contribution >= 4 is 10.9 Å². The number of para-hydroxylation sites is 1. The van der Waals surface area contributed by atoms with Crippen LogP contribution in [0.25, 0.3) is 10.9 Å². The monoisotopic (exact) mass is 272 g/mol. The quantitative estimate of drug-likeness (QED) is 0.677. The Hall–Kier alpha value is -1.28. The van der Waals surface area contributed by atoms with E-state index in [4.69, 9.17) is 0 Å². The molecule has 1 heterocycles. The van der Waals surface area contributed by atoms with Crippen LogP contribution in [0.1, 0.15) is 58.1 Å². The Morgan fingerprint density at radius 1 is 1.10 bits per heavy atom. The zero-order chi connectivity index (χ0) is 14.4.